The van der Waals surface area contributed by atoms with Crippen LogP contribution in [0.15, 0.2) is 115 Å². The average molecular weight is 630 g/mol. The van der Waals surface area contributed by atoms with Crippen molar-refractivity contribution in [2.45, 2.75) is 13.8 Å². The van der Waals surface area contributed by atoms with Crippen LogP contribution in [0.5, 0.6) is 0 Å². The molecule has 0 aliphatic rings. The number of ether oxygens (including phenoxy) is 2. The van der Waals surface area contributed by atoms with Crippen molar-refractivity contribution in [3.05, 3.63) is 132 Å². The zero-order chi connectivity index (χ0) is 33.2. The fraction of sp³-hybridized carbons (Fsp3) is 0.111. The molecule has 0 atom stereocenters. The van der Waals surface area contributed by atoms with E-state index < -0.39 is 23.8 Å². The lowest BCUT2D eigenvalue weighted by atomic mass is 10.1. The third kappa shape index (κ3) is 8.03. The number of aromatic nitrogens is 3. The summed E-state index contributed by atoms with van der Waals surface area (Å²) >= 11 is 0. The maximum Gasteiger partial charge on any atom is 0.338 e. The molecule has 0 radical (unpaired) electrons. The summed E-state index contributed by atoms with van der Waals surface area (Å²) in [6, 6.07) is 25.3. The standard InChI is InChI=1S/C36H31N5O6/c1-3-46-35(44)25-10-14-28(15-11-25)38-33(42)31(34(43)39-29-16-12-26(13-17-29)36(45)47-4-2)22-27-23-41(30-8-6-5-7-9-30)40-32(27)24-18-20-37-21-19-24/h5-23H,3-4H2,1-2H3,(H,38,42)(H,39,43). The summed E-state index contributed by atoms with van der Waals surface area (Å²) in [4.78, 5) is 55.8. The molecule has 11 nitrogen and oxygen atoms in total. The Labute approximate surface area is 270 Å². The molecule has 0 fully saturated rings. The molecule has 2 heterocycles. The van der Waals surface area contributed by atoms with E-state index in [9.17, 15) is 19.2 Å². The second-order valence-electron chi connectivity index (χ2n) is 10.0. The second-order valence-corrected chi connectivity index (χ2v) is 10.0. The van der Waals surface area contributed by atoms with E-state index in [1.807, 2.05) is 30.3 Å². The predicted molar refractivity (Wildman–Crippen MR) is 177 cm³/mol. The molecule has 47 heavy (non-hydrogen) atoms. The predicted octanol–water partition coefficient (Wildman–Crippen LogP) is 5.95. The smallest absolute Gasteiger partial charge is 0.338 e. The monoisotopic (exact) mass is 629 g/mol. The molecule has 0 unspecified atom stereocenters. The number of nitrogens with one attached hydrogen (secondary N) is 2. The Bertz CT molecular complexity index is 1820. The highest BCUT2D eigenvalue weighted by molar-refractivity contribution is 6.29. The third-order valence-corrected chi connectivity index (χ3v) is 6.81. The van der Waals surface area contributed by atoms with Crippen LogP contribution < -0.4 is 10.6 Å². The summed E-state index contributed by atoms with van der Waals surface area (Å²) in [5.74, 6) is -2.39. The minimum atomic E-state index is -0.706. The molecule has 11 heteroatoms. The number of para-hydroxylation sites is 1. The number of esters is 2. The zero-order valence-corrected chi connectivity index (χ0v) is 25.7. The van der Waals surface area contributed by atoms with Crippen molar-refractivity contribution in [2.24, 2.45) is 0 Å². The van der Waals surface area contributed by atoms with Crippen LogP contribution in [0.4, 0.5) is 11.4 Å². The van der Waals surface area contributed by atoms with E-state index in [0.717, 1.165) is 11.3 Å². The van der Waals surface area contributed by atoms with Gasteiger partial charge in [0.25, 0.3) is 11.8 Å². The van der Waals surface area contributed by atoms with Gasteiger partial charge in [0.1, 0.15) is 11.3 Å². The molecule has 0 saturated heterocycles. The van der Waals surface area contributed by atoms with Crippen LogP contribution in [-0.2, 0) is 19.1 Å². The van der Waals surface area contributed by atoms with Crippen LogP contribution in [-0.4, -0.2) is 51.7 Å². The SMILES string of the molecule is CCOC(=O)c1ccc(NC(=O)C(=Cc2cn(-c3ccccc3)nc2-c2ccncc2)C(=O)Nc2ccc(C(=O)OCC)cc2)cc1. The van der Waals surface area contributed by atoms with Crippen molar-refractivity contribution in [2.75, 3.05) is 23.8 Å². The average Bonchev–Trinajstić information content (AvgIpc) is 3.53. The summed E-state index contributed by atoms with van der Waals surface area (Å²) in [7, 11) is 0. The van der Waals surface area contributed by atoms with Crippen molar-refractivity contribution in [1.29, 1.82) is 0 Å². The normalized spacial score (nSPS) is 10.4. The van der Waals surface area contributed by atoms with Gasteiger partial charge in [-0.2, -0.15) is 5.10 Å². The van der Waals surface area contributed by atoms with Crippen molar-refractivity contribution in [3.8, 4) is 16.9 Å². The van der Waals surface area contributed by atoms with Crippen molar-refractivity contribution in [3.63, 3.8) is 0 Å². The number of anilines is 2. The van der Waals surface area contributed by atoms with E-state index in [0.29, 0.717) is 33.8 Å². The summed E-state index contributed by atoms with van der Waals surface area (Å²) in [6.07, 6.45) is 6.45. The lowest BCUT2D eigenvalue weighted by Crippen LogP contribution is -2.25. The van der Waals surface area contributed by atoms with E-state index in [1.165, 1.54) is 30.3 Å². The van der Waals surface area contributed by atoms with Crippen molar-refractivity contribution in [1.82, 2.24) is 14.8 Å². The number of carbonyl (C=O) groups is 4. The summed E-state index contributed by atoms with van der Waals surface area (Å²) in [5.41, 5.74) is 3.65. The molecule has 2 N–H and O–H groups in total. The van der Waals surface area contributed by atoms with Gasteiger partial charge in [-0.3, -0.25) is 14.6 Å². The molecule has 2 amide bonds. The number of carbonyl (C=O) groups excluding carboxylic acids is 4. The van der Waals surface area contributed by atoms with E-state index in [1.54, 1.807) is 73.5 Å². The van der Waals surface area contributed by atoms with E-state index in [2.05, 4.69) is 15.6 Å². The third-order valence-electron chi connectivity index (χ3n) is 6.81. The quantitative estimate of drug-likeness (QED) is 0.0791. The zero-order valence-electron chi connectivity index (χ0n) is 25.7. The highest BCUT2D eigenvalue weighted by Gasteiger charge is 2.22. The Balaban J connectivity index is 1.52. The molecule has 0 spiro atoms. The van der Waals surface area contributed by atoms with Crippen LogP contribution in [0, 0.1) is 0 Å². The van der Waals surface area contributed by atoms with Gasteiger partial charge in [0.05, 0.1) is 30.0 Å². The number of pyridine rings is 1. The van der Waals surface area contributed by atoms with Gasteiger partial charge in [-0.05, 0) is 92.7 Å². The second kappa shape index (κ2) is 15.1. The van der Waals surface area contributed by atoms with Crippen LogP contribution in [0.3, 0.4) is 0 Å². The lowest BCUT2D eigenvalue weighted by molar-refractivity contribution is -0.118. The Hall–Kier alpha value is -6.36. The fourth-order valence-electron chi connectivity index (χ4n) is 4.53. The van der Waals surface area contributed by atoms with Gasteiger partial charge in [-0.15, -0.1) is 0 Å². The Morgan fingerprint density at radius 2 is 1.21 bits per heavy atom. The molecular formula is C36H31N5O6. The largest absolute Gasteiger partial charge is 0.462 e. The summed E-state index contributed by atoms with van der Waals surface area (Å²) in [5, 5.41) is 10.3. The minimum Gasteiger partial charge on any atom is -0.462 e. The molecule has 0 bridgehead atoms. The number of nitrogens with zero attached hydrogens (tertiary/aromatic N) is 3. The van der Waals surface area contributed by atoms with E-state index in [-0.39, 0.29) is 18.8 Å². The van der Waals surface area contributed by atoms with Crippen LogP contribution in [0.1, 0.15) is 40.1 Å². The number of hydrogen-bond donors (Lipinski definition) is 2. The van der Waals surface area contributed by atoms with E-state index in [4.69, 9.17) is 14.6 Å². The summed E-state index contributed by atoms with van der Waals surface area (Å²) in [6.45, 7) is 3.89. The molecule has 0 saturated carbocycles. The number of benzene rings is 3. The Morgan fingerprint density at radius 1 is 0.702 bits per heavy atom. The molecule has 2 aromatic heterocycles. The minimum absolute atomic E-state index is 0.225. The fourth-order valence-corrected chi connectivity index (χ4v) is 4.53. The highest BCUT2D eigenvalue weighted by Crippen LogP contribution is 2.26. The van der Waals surface area contributed by atoms with Gasteiger partial charge in [-0.25, -0.2) is 14.3 Å². The molecule has 5 aromatic rings. The first kappa shape index (κ1) is 32.0. The van der Waals surface area contributed by atoms with Crippen LogP contribution in [0.2, 0.25) is 0 Å². The van der Waals surface area contributed by atoms with Crippen LogP contribution in [0.25, 0.3) is 23.0 Å². The Morgan fingerprint density at radius 3 is 1.70 bits per heavy atom. The molecule has 0 aliphatic heterocycles. The first-order valence-electron chi connectivity index (χ1n) is 14.8. The maximum absolute atomic E-state index is 13.8. The van der Waals surface area contributed by atoms with Gasteiger partial charge in [0.15, 0.2) is 0 Å². The van der Waals surface area contributed by atoms with Gasteiger partial charge in [-0.1, -0.05) is 18.2 Å². The molecular weight excluding hydrogens is 598 g/mol. The molecule has 236 valence electrons. The van der Waals surface area contributed by atoms with E-state index >= 15 is 0 Å². The number of rotatable bonds is 11. The number of amides is 2. The van der Waals surface area contributed by atoms with Gasteiger partial charge in [0.2, 0.25) is 0 Å². The molecule has 3 aromatic carbocycles. The lowest BCUT2D eigenvalue weighted by Gasteiger charge is -2.11. The van der Waals surface area contributed by atoms with Gasteiger partial charge < -0.3 is 20.1 Å². The summed E-state index contributed by atoms with van der Waals surface area (Å²) < 4.78 is 11.7. The van der Waals surface area contributed by atoms with Crippen molar-refractivity contribution >= 4 is 41.2 Å². The van der Waals surface area contributed by atoms with Crippen LogP contribution >= 0.6 is 0 Å². The maximum atomic E-state index is 13.8. The molecule has 0 aliphatic carbocycles. The van der Waals surface area contributed by atoms with Gasteiger partial charge in [0, 0.05) is 41.1 Å². The number of hydrogen-bond acceptors (Lipinski definition) is 8. The molecule has 5 rings (SSSR count). The first-order valence-corrected chi connectivity index (χ1v) is 14.8. The van der Waals surface area contributed by atoms with Gasteiger partial charge >= 0.3 is 11.9 Å². The highest BCUT2D eigenvalue weighted by atomic mass is 16.5. The topological polar surface area (TPSA) is 142 Å². The Kier molecular flexibility index (Phi) is 10.3. The first-order chi connectivity index (χ1) is 22.9. The van der Waals surface area contributed by atoms with Crippen molar-refractivity contribution < 1.29 is 28.7 Å².